The maximum absolute atomic E-state index is 12.6. The molecule has 6 nitrogen and oxygen atoms in total. The van der Waals surface area contributed by atoms with Crippen molar-refractivity contribution >= 4 is 17.9 Å². The lowest BCUT2D eigenvalue weighted by molar-refractivity contribution is -0.167. The van der Waals surface area contributed by atoms with Crippen molar-refractivity contribution in [1.29, 1.82) is 0 Å². The van der Waals surface area contributed by atoms with Crippen molar-refractivity contribution in [2.24, 2.45) is 0 Å². The molecule has 0 aliphatic rings. The molecule has 0 radical (unpaired) electrons. The van der Waals surface area contributed by atoms with Crippen molar-refractivity contribution in [3.63, 3.8) is 0 Å². The molecule has 0 fully saturated rings. The van der Waals surface area contributed by atoms with E-state index in [2.05, 4.69) is 45.1 Å². The topological polar surface area (TPSA) is 78.9 Å². The molecule has 0 heterocycles. The number of rotatable bonds is 42. The zero-order valence-corrected chi connectivity index (χ0v) is 36.0. The van der Waals surface area contributed by atoms with E-state index in [0.29, 0.717) is 19.3 Å². The van der Waals surface area contributed by atoms with Gasteiger partial charge in [0.05, 0.1) is 0 Å². The smallest absolute Gasteiger partial charge is 0.306 e. The summed E-state index contributed by atoms with van der Waals surface area (Å²) in [5.41, 5.74) is 0. The molecule has 1 unspecified atom stereocenters. The van der Waals surface area contributed by atoms with Crippen LogP contribution in [-0.2, 0) is 28.6 Å². The lowest BCUT2D eigenvalue weighted by Crippen LogP contribution is -2.30. The second kappa shape index (κ2) is 43.6. The number of hydrogen-bond donors (Lipinski definition) is 0. The summed E-state index contributed by atoms with van der Waals surface area (Å²) in [6.07, 6.45) is 47.4. The summed E-state index contributed by atoms with van der Waals surface area (Å²) in [4.78, 5) is 37.6. The largest absolute Gasteiger partial charge is 0.462 e. The molecule has 0 amide bonds. The minimum Gasteiger partial charge on any atom is -0.462 e. The Hall–Kier alpha value is -2.11. The van der Waals surface area contributed by atoms with E-state index in [1.54, 1.807) is 0 Å². The van der Waals surface area contributed by atoms with E-state index in [4.69, 9.17) is 14.2 Å². The number of carbonyl (C=O) groups excluding carboxylic acids is 3. The van der Waals surface area contributed by atoms with Gasteiger partial charge in [-0.15, -0.1) is 0 Å². The first kappa shape index (κ1) is 51.9. The van der Waals surface area contributed by atoms with Crippen LogP contribution < -0.4 is 0 Å². The summed E-state index contributed by atoms with van der Waals surface area (Å²) in [6, 6.07) is 0. The van der Waals surface area contributed by atoms with Gasteiger partial charge in [-0.2, -0.15) is 0 Å². The molecule has 0 N–H and O–H groups in total. The zero-order chi connectivity index (χ0) is 39.4. The SMILES string of the molecule is CCCCCCCCC/C=C\C=C/CCCCCCCC(=O)OCC(COC(=O)CCCCCCCCCCC)OC(=O)CCCCCCCCCCC. The summed E-state index contributed by atoms with van der Waals surface area (Å²) in [5.74, 6) is -0.888. The highest BCUT2D eigenvalue weighted by atomic mass is 16.6. The standard InChI is InChI=1S/C48H88O6/c1-4-7-10-13-16-19-20-21-22-23-24-25-26-27-30-32-35-38-41-47(50)53-44-45(54-48(51)42-39-36-33-29-18-15-12-9-6-3)43-52-46(49)40-37-34-31-28-17-14-11-8-5-2/h22-25,45H,4-21,26-44H2,1-3H3/b23-22-,25-24-. The molecule has 316 valence electrons. The Kier molecular flexibility index (Phi) is 41.9. The molecular formula is C48H88O6. The highest BCUT2D eigenvalue weighted by Gasteiger charge is 2.19. The van der Waals surface area contributed by atoms with E-state index < -0.39 is 6.10 Å². The number of carbonyl (C=O) groups is 3. The maximum Gasteiger partial charge on any atom is 0.306 e. The van der Waals surface area contributed by atoms with Crippen LogP contribution in [0.2, 0.25) is 0 Å². The molecule has 54 heavy (non-hydrogen) atoms. The monoisotopic (exact) mass is 761 g/mol. The Balaban J connectivity index is 4.28. The Morgan fingerprint density at radius 2 is 0.648 bits per heavy atom. The van der Waals surface area contributed by atoms with Gasteiger partial charge in [0.25, 0.3) is 0 Å². The average Bonchev–Trinajstić information content (AvgIpc) is 3.17. The maximum atomic E-state index is 12.6. The van der Waals surface area contributed by atoms with E-state index >= 15 is 0 Å². The third-order valence-electron chi connectivity index (χ3n) is 10.2. The van der Waals surface area contributed by atoms with Gasteiger partial charge in [-0.25, -0.2) is 0 Å². The lowest BCUT2D eigenvalue weighted by Gasteiger charge is -2.18. The quantitative estimate of drug-likeness (QED) is 0.0267. The number of esters is 3. The van der Waals surface area contributed by atoms with Crippen LogP contribution in [0, 0.1) is 0 Å². The van der Waals surface area contributed by atoms with Crippen LogP contribution in [0.1, 0.15) is 245 Å². The van der Waals surface area contributed by atoms with Crippen LogP contribution in [0.15, 0.2) is 24.3 Å². The van der Waals surface area contributed by atoms with Crippen molar-refractivity contribution in [3.05, 3.63) is 24.3 Å². The number of hydrogen-bond acceptors (Lipinski definition) is 6. The second-order valence-electron chi connectivity index (χ2n) is 15.7. The van der Waals surface area contributed by atoms with Crippen LogP contribution in [-0.4, -0.2) is 37.2 Å². The van der Waals surface area contributed by atoms with Gasteiger partial charge in [0.15, 0.2) is 6.10 Å². The van der Waals surface area contributed by atoms with Crippen molar-refractivity contribution in [2.45, 2.75) is 252 Å². The Morgan fingerprint density at radius 1 is 0.370 bits per heavy atom. The van der Waals surface area contributed by atoms with Crippen LogP contribution in [0.3, 0.4) is 0 Å². The van der Waals surface area contributed by atoms with Crippen molar-refractivity contribution < 1.29 is 28.6 Å². The fraction of sp³-hybridized carbons (Fsp3) is 0.854. The Bertz CT molecular complexity index is 880. The van der Waals surface area contributed by atoms with Gasteiger partial charge in [0, 0.05) is 19.3 Å². The molecule has 1 atom stereocenters. The number of unbranched alkanes of at least 4 members (excludes halogenated alkanes) is 28. The van der Waals surface area contributed by atoms with E-state index in [1.165, 1.54) is 128 Å². The molecule has 0 saturated carbocycles. The first-order valence-corrected chi connectivity index (χ1v) is 23.4. The molecule has 0 aliphatic carbocycles. The highest BCUT2D eigenvalue weighted by molar-refractivity contribution is 5.71. The van der Waals surface area contributed by atoms with E-state index in [9.17, 15) is 14.4 Å². The lowest BCUT2D eigenvalue weighted by atomic mass is 10.1. The molecule has 0 aliphatic heterocycles. The van der Waals surface area contributed by atoms with Gasteiger partial charge in [-0.3, -0.25) is 14.4 Å². The second-order valence-corrected chi connectivity index (χ2v) is 15.7. The minimum atomic E-state index is -0.768. The summed E-state index contributed by atoms with van der Waals surface area (Å²) >= 11 is 0. The van der Waals surface area contributed by atoms with Gasteiger partial charge in [0.1, 0.15) is 13.2 Å². The van der Waals surface area contributed by atoms with Crippen LogP contribution in [0.5, 0.6) is 0 Å². The molecule has 0 aromatic rings. The molecule has 0 spiro atoms. The average molecular weight is 761 g/mol. The summed E-state index contributed by atoms with van der Waals surface area (Å²) < 4.78 is 16.7. The normalized spacial score (nSPS) is 12.1. The highest BCUT2D eigenvalue weighted by Crippen LogP contribution is 2.14. The van der Waals surface area contributed by atoms with Crippen LogP contribution in [0.25, 0.3) is 0 Å². The van der Waals surface area contributed by atoms with Crippen molar-refractivity contribution in [3.8, 4) is 0 Å². The summed E-state index contributed by atoms with van der Waals surface area (Å²) in [6.45, 7) is 6.58. The third kappa shape index (κ3) is 41.1. The van der Waals surface area contributed by atoms with Gasteiger partial charge >= 0.3 is 17.9 Å². The van der Waals surface area contributed by atoms with Gasteiger partial charge in [0.2, 0.25) is 0 Å². The van der Waals surface area contributed by atoms with E-state index in [0.717, 1.165) is 77.0 Å². The van der Waals surface area contributed by atoms with Gasteiger partial charge in [-0.1, -0.05) is 206 Å². The number of ether oxygens (including phenoxy) is 3. The fourth-order valence-electron chi connectivity index (χ4n) is 6.67. The molecule has 0 rings (SSSR count). The molecule has 6 heteroatoms. The molecule has 0 bridgehead atoms. The first-order chi connectivity index (χ1) is 26.5. The predicted molar refractivity (Wildman–Crippen MR) is 229 cm³/mol. The molecular weight excluding hydrogens is 673 g/mol. The fourth-order valence-corrected chi connectivity index (χ4v) is 6.67. The minimum absolute atomic E-state index is 0.0729. The summed E-state index contributed by atoms with van der Waals surface area (Å²) in [7, 11) is 0. The van der Waals surface area contributed by atoms with Gasteiger partial charge < -0.3 is 14.2 Å². The Labute approximate surface area is 334 Å². The molecule has 0 saturated heterocycles. The summed E-state index contributed by atoms with van der Waals surface area (Å²) in [5, 5.41) is 0. The van der Waals surface area contributed by atoms with E-state index in [1.807, 2.05) is 0 Å². The Morgan fingerprint density at radius 3 is 0.981 bits per heavy atom. The van der Waals surface area contributed by atoms with Crippen molar-refractivity contribution in [2.75, 3.05) is 13.2 Å². The first-order valence-electron chi connectivity index (χ1n) is 23.4. The third-order valence-corrected chi connectivity index (χ3v) is 10.2. The zero-order valence-electron chi connectivity index (χ0n) is 36.0. The van der Waals surface area contributed by atoms with Crippen LogP contribution in [0.4, 0.5) is 0 Å². The van der Waals surface area contributed by atoms with Gasteiger partial charge in [-0.05, 0) is 44.9 Å². The predicted octanol–water partition coefficient (Wildman–Crippen LogP) is 14.8. The molecule has 0 aromatic carbocycles. The number of allylic oxidation sites excluding steroid dienone is 4. The van der Waals surface area contributed by atoms with Crippen molar-refractivity contribution in [1.82, 2.24) is 0 Å². The molecule has 0 aromatic heterocycles. The van der Waals surface area contributed by atoms with E-state index in [-0.39, 0.29) is 31.1 Å². The van der Waals surface area contributed by atoms with Crippen LogP contribution >= 0.6 is 0 Å².